The third-order valence-corrected chi connectivity index (χ3v) is 3.67. The zero-order valence-electron chi connectivity index (χ0n) is 11.2. The zero-order chi connectivity index (χ0) is 13.2. The summed E-state index contributed by atoms with van der Waals surface area (Å²) in [6, 6.07) is 0. The molecule has 1 heterocycles. The Morgan fingerprint density at radius 3 is 2.44 bits per heavy atom. The predicted molar refractivity (Wildman–Crippen MR) is 71.4 cm³/mol. The second-order valence-electron chi connectivity index (χ2n) is 4.83. The second-order valence-corrected chi connectivity index (χ2v) is 4.83. The van der Waals surface area contributed by atoms with Crippen LogP contribution >= 0.6 is 0 Å². The van der Waals surface area contributed by atoms with Crippen LogP contribution in [0.2, 0.25) is 0 Å². The van der Waals surface area contributed by atoms with E-state index in [0.717, 1.165) is 30.8 Å². The van der Waals surface area contributed by atoms with E-state index >= 15 is 0 Å². The Hall–Kier alpha value is -1.40. The molecule has 0 spiro atoms. The molecular weight excluding hydrogens is 230 g/mol. The molecule has 100 valence electrons. The minimum atomic E-state index is -0.0262. The molecule has 0 bridgehead atoms. The quantitative estimate of drug-likeness (QED) is 0.541. The molecular formula is C12H21N5O. The lowest BCUT2D eigenvalue weighted by atomic mass is 9.80. The summed E-state index contributed by atoms with van der Waals surface area (Å²) in [4.78, 5) is 8.64. The normalized spacial score (nSPS) is 17.1. The van der Waals surface area contributed by atoms with Gasteiger partial charge in [0, 0.05) is 19.2 Å². The van der Waals surface area contributed by atoms with Crippen LogP contribution in [-0.4, -0.2) is 29.2 Å². The van der Waals surface area contributed by atoms with Gasteiger partial charge < -0.3 is 15.5 Å². The summed E-state index contributed by atoms with van der Waals surface area (Å²) < 4.78 is 5.58. The first-order valence-corrected chi connectivity index (χ1v) is 6.21. The average molecular weight is 251 g/mol. The highest BCUT2D eigenvalue weighted by atomic mass is 16.5. The molecule has 6 heteroatoms. The van der Waals surface area contributed by atoms with Crippen LogP contribution < -0.4 is 16.6 Å². The Morgan fingerprint density at radius 2 is 1.94 bits per heavy atom. The number of ether oxygens (including phenoxy) is 1. The van der Waals surface area contributed by atoms with Gasteiger partial charge in [-0.15, -0.1) is 0 Å². The summed E-state index contributed by atoms with van der Waals surface area (Å²) in [5.74, 6) is 7.61. The van der Waals surface area contributed by atoms with E-state index < -0.39 is 0 Å². The number of hydrogen-bond donors (Lipinski definition) is 3. The van der Waals surface area contributed by atoms with Crippen molar-refractivity contribution in [2.24, 2.45) is 5.84 Å². The van der Waals surface area contributed by atoms with Gasteiger partial charge in [0.1, 0.15) is 17.5 Å². The van der Waals surface area contributed by atoms with Gasteiger partial charge in [0.05, 0.1) is 5.60 Å². The third-order valence-electron chi connectivity index (χ3n) is 3.67. The van der Waals surface area contributed by atoms with E-state index in [-0.39, 0.29) is 5.60 Å². The molecule has 6 nitrogen and oxygen atoms in total. The molecule has 0 atom stereocenters. The van der Waals surface area contributed by atoms with E-state index in [1.807, 2.05) is 13.8 Å². The van der Waals surface area contributed by atoms with Gasteiger partial charge in [-0.3, -0.25) is 0 Å². The smallest absolute Gasteiger partial charge is 0.148 e. The maximum Gasteiger partial charge on any atom is 0.148 e. The Labute approximate surface area is 107 Å². The zero-order valence-corrected chi connectivity index (χ0v) is 11.2. The van der Waals surface area contributed by atoms with Crippen LogP contribution in [0.25, 0.3) is 0 Å². The van der Waals surface area contributed by atoms with Crippen LogP contribution in [0.5, 0.6) is 0 Å². The highest BCUT2D eigenvalue weighted by Gasteiger charge is 2.36. The Morgan fingerprint density at radius 1 is 1.28 bits per heavy atom. The molecule has 1 aliphatic rings. The molecule has 1 saturated carbocycles. The van der Waals surface area contributed by atoms with Crippen LogP contribution in [0.15, 0.2) is 0 Å². The van der Waals surface area contributed by atoms with E-state index in [2.05, 4.69) is 20.7 Å². The summed E-state index contributed by atoms with van der Waals surface area (Å²) in [5, 5.41) is 3.35. The number of anilines is 2. The van der Waals surface area contributed by atoms with Crippen molar-refractivity contribution < 1.29 is 4.74 Å². The molecule has 1 aromatic rings. The maximum atomic E-state index is 5.58. The number of rotatable bonds is 5. The molecule has 0 radical (unpaired) electrons. The number of aromatic nitrogens is 2. The molecule has 0 amide bonds. The number of nitrogen functional groups attached to an aromatic ring is 1. The van der Waals surface area contributed by atoms with E-state index in [0.29, 0.717) is 11.6 Å². The van der Waals surface area contributed by atoms with Gasteiger partial charge in [-0.2, -0.15) is 0 Å². The lowest BCUT2D eigenvalue weighted by Gasteiger charge is -2.40. The molecule has 1 fully saturated rings. The van der Waals surface area contributed by atoms with Gasteiger partial charge in [-0.05, 0) is 33.1 Å². The number of methoxy groups -OCH3 is 1. The highest BCUT2D eigenvalue weighted by molar-refractivity contribution is 5.56. The van der Waals surface area contributed by atoms with Gasteiger partial charge >= 0.3 is 0 Å². The topological polar surface area (TPSA) is 85.1 Å². The van der Waals surface area contributed by atoms with Crippen LogP contribution in [0.1, 0.15) is 30.7 Å². The van der Waals surface area contributed by atoms with Crippen molar-refractivity contribution in [2.45, 2.75) is 38.7 Å². The van der Waals surface area contributed by atoms with Crippen LogP contribution in [0.3, 0.4) is 0 Å². The molecule has 1 aliphatic carbocycles. The molecule has 2 rings (SSSR count). The first kappa shape index (κ1) is 13.0. The number of nitrogens with one attached hydrogen (secondary N) is 2. The van der Waals surface area contributed by atoms with Gasteiger partial charge in [0.2, 0.25) is 0 Å². The molecule has 1 aromatic heterocycles. The Bertz CT molecular complexity index is 425. The van der Waals surface area contributed by atoms with Gasteiger partial charge in [-0.25, -0.2) is 15.8 Å². The predicted octanol–water partition coefficient (Wildman–Crippen LogP) is 1.36. The standard InChI is InChI=1S/C12H21N5O/c1-8-10(15-9(2)16-11(8)17-13)14-7-12(18-3)5-4-6-12/h4-7,13H2,1-3H3,(H2,14,15,16,17). The average Bonchev–Trinajstić information content (AvgIpc) is 2.32. The Balaban J connectivity index is 2.11. The highest BCUT2D eigenvalue weighted by Crippen LogP contribution is 2.35. The van der Waals surface area contributed by atoms with Crippen molar-refractivity contribution in [3.05, 3.63) is 11.4 Å². The minimum Gasteiger partial charge on any atom is -0.376 e. The number of nitrogens with two attached hydrogens (primary N) is 1. The molecule has 0 aliphatic heterocycles. The van der Waals surface area contributed by atoms with Crippen molar-refractivity contribution in [1.29, 1.82) is 0 Å². The van der Waals surface area contributed by atoms with Crippen molar-refractivity contribution in [2.75, 3.05) is 24.4 Å². The molecule has 0 unspecified atom stereocenters. The number of nitrogens with zero attached hydrogens (tertiary/aromatic N) is 2. The summed E-state index contributed by atoms with van der Waals surface area (Å²) in [6.45, 7) is 4.56. The van der Waals surface area contributed by atoms with Crippen molar-refractivity contribution >= 4 is 11.6 Å². The fraction of sp³-hybridized carbons (Fsp3) is 0.667. The fourth-order valence-electron chi connectivity index (χ4n) is 2.21. The summed E-state index contributed by atoms with van der Waals surface area (Å²) in [5.41, 5.74) is 3.49. The summed E-state index contributed by atoms with van der Waals surface area (Å²) in [6.07, 6.45) is 3.43. The van der Waals surface area contributed by atoms with E-state index in [9.17, 15) is 0 Å². The van der Waals surface area contributed by atoms with Crippen molar-refractivity contribution in [3.63, 3.8) is 0 Å². The van der Waals surface area contributed by atoms with Gasteiger partial charge in [0.15, 0.2) is 0 Å². The van der Waals surface area contributed by atoms with E-state index in [1.54, 1.807) is 7.11 Å². The van der Waals surface area contributed by atoms with Crippen LogP contribution in [-0.2, 0) is 4.74 Å². The van der Waals surface area contributed by atoms with Crippen molar-refractivity contribution in [3.8, 4) is 0 Å². The number of hydrogen-bond acceptors (Lipinski definition) is 6. The largest absolute Gasteiger partial charge is 0.376 e. The van der Waals surface area contributed by atoms with Crippen LogP contribution in [0.4, 0.5) is 11.6 Å². The molecule has 0 saturated heterocycles. The molecule has 4 N–H and O–H groups in total. The number of hydrazine groups is 1. The third kappa shape index (κ3) is 2.39. The fourth-order valence-corrected chi connectivity index (χ4v) is 2.21. The summed E-state index contributed by atoms with van der Waals surface area (Å²) in [7, 11) is 1.77. The molecule has 0 aromatic carbocycles. The number of aryl methyl sites for hydroxylation is 1. The monoisotopic (exact) mass is 251 g/mol. The van der Waals surface area contributed by atoms with E-state index in [1.165, 1.54) is 6.42 Å². The first-order valence-electron chi connectivity index (χ1n) is 6.21. The first-order chi connectivity index (χ1) is 8.60. The van der Waals surface area contributed by atoms with Crippen molar-refractivity contribution in [1.82, 2.24) is 9.97 Å². The lowest BCUT2D eigenvalue weighted by Crippen LogP contribution is -2.45. The molecule has 18 heavy (non-hydrogen) atoms. The van der Waals surface area contributed by atoms with Gasteiger partial charge in [0.25, 0.3) is 0 Å². The van der Waals surface area contributed by atoms with E-state index in [4.69, 9.17) is 10.6 Å². The minimum absolute atomic E-state index is 0.0262. The Kier molecular flexibility index (Phi) is 3.68. The lowest BCUT2D eigenvalue weighted by molar-refractivity contribution is -0.0601. The maximum absolute atomic E-state index is 5.58. The SMILES string of the molecule is COC1(CNc2nc(C)nc(NN)c2C)CCC1. The second kappa shape index (κ2) is 5.07. The van der Waals surface area contributed by atoms with Crippen LogP contribution in [0, 0.1) is 13.8 Å². The van der Waals surface area contributed by atoms with Gasteiger partial charge in [-0.1, -0.05) is 0 Å². The summed E-state index contributed by atoms with van der Waals surface area (Å²) >= 11 is 0.